The number of benzene rings is 2. The first-order valence-electron chi connectivity index (χ1n) is 6.10. The molecule has 0 unspecified atom stereocenters. The van der Waals surface area contributed by atoms with Crippen molar-refractivity contribution in [3.63, 3.8) is 0 Å². The molecule has 3 aromatic rings. The van der Waals surface area contributed by atoms with Crippen LogP contribution in [-0.4, -0.2) is 16.2 Å². The summed E-state index contributed by atoms with van der Waals surface area (Å²) in [5.74, 6) is -0.287. The summed E-state index contributed by atoms with van der Waals surface area (Å²) in [4.78, 5) is 10.6. The van der Waals surface area contributed by atoms with Gasteiger partial charge in [0.25, 0.3) is 0 Å². The van der Waals surface area contributed by atoms with E-state index in [2.05, 4.69) is 5.16 Å². The summed E-state index contributed by atoms with van der Waals surface area (Å²) in [6.07, 6.45) is 2.65. The molecular weight excluding hydrogens is 254 g/mol. The van der Waals surface area contributed by atoms with Crippen LogP contribution in [0.5, 0.6) is 0 Å². The number of hydrogen-bond acceptors (Lipinski definition) is 3. The van der Waals surface area contributed by atoms with Gasteiger partial charge in [-0.2, -0.15) is 0 Å². The molecule has 1 N–H and O–H groups in total. The van der Waals surface area contributed by atoms with Gasteiger partial charge in [0.2, 0.25) is 0 Å². The molecule has 1 heterocycles. The maximum atomic E-state index is 10.6. The monoisotopic (exact) mass is 265 g/mol. The zero-order chi connectivity index (χ0) is 13.9. The highest BCUT2D eigenvalue weighted by Crippen LogP contribution is 2.29. The number of rotatable bonds is 3. The second kappa shape index (κ2) is 5.01. The zero-order valence-electron chi connectivity index (χ0n) is 10.5. The van der Waals surface area contributed by atoms with Crippen LogP contribution < -0.4 is 0 Å². The molecule has 4 nitrogen and oxygen atoms in total. The lowest BCUT2D eigenvalue weighted by molar-refractivity contribution is -0.131. The minimum absolute atomic E-state index is 0.686. The number of aliphatic carboxylic acids is 1. The molecule has 2 aromatic carbocycles. The van der Waals surface area contributed by atoms with Crippen molar-refractivity contribution in [2.75, 3.05) is 0 Å². The van der Waals surface area contributed by atoms with Crippen molar-refractivity contribution in [1.82, 2.24) is 5.16 Å². The van der Waals surface area contributed by atoms with E-state index in [1.165, 1.54) is 0 Å². The molecule has 0 saturated carbocycles. The number of aromatic nitrogens is 1. The molecule has 0 radical (unpaired) electrons. The van der Waals surface area contributed by atoms with Gasteiger partial charge < -0.3 is 9.63 Å². The molecule has 0 aliphatic heterocycles. The molecular formula is C16H11NO3. The van der Waals surface area contributed by atoms with Crippen molar-refractivity contribution in [2.45, 2.75) is 0 Å². The van der Waals surface area contributed by atoms with Gasteiger partial charge in [0.15, 0.2) is 5.76 Å². The number of hydrogen-bond donors (Lipinski definition) is 1. The van der Waals surface area contributed by atoms with Crippen LogP contribution in [0, 0.1) is 0 Å². The van der Waals surface area contributed by atoms with E-state index in [0.717, 1.165) is 28.1 Å². The van der Waals surface area contributed by atoms with Crippen molar-refractivity contribution in [1.29, 1.82) is 0 Å². The highest BCUT2D eigenvalue weighted by molar-refractivity contribution is 5.94. The average Bonchev–Trinajstić information content (AvgIpc) is 2.89. The Morgan fingerprint density at radius 1 is 1.15 bits per heavy atom. The van der Waals surface area contributed by atoms with Gasteiger partial charge in [-0.05, 0) is 23.8 Å². The molecule has 0 aliphatic rings. The number of carboxylic acids is 1. The largest absolute Gasteiger partial charge is 0.478 e. The van der Waals surface area contributed by atoms with Crippen molar-refractivity contribution >= 4 is 22.9 Å². The van der Waals surface area contributed by atoms with Crippen LogP contribution in [0.1, 0.15) is 5.56 Å². The summed E-state index contributed by atoms with van der Waals surface area (Å²) in [5.41, 5.74) is 2.48. The van der Waals surface area contributed by atoms with E-state index in [4.69, 9.17) is 9.63 Å². The van der Waals surface area contributed by atoms with E-state index in [-0.39, 0.29) is 0 Å². The predicted octanol–water partition coefficient (Wildman–Crippen LogP) is 3.59. The van der Waals surface area contributed by atoms with Gasteiger partial charge in [0, 0.05) is 11.6 Å². The van der Waals surface area contributed by atoms with E-state index in [0.29, 0.717) is 5.76 Å². The first-order chi connectivity index (χ1) is 9.74. The third-order valence-corrected chi connectivity index (χ3v) is 2.95. The summed E-state index contributed by atoms with van der Waals surface area (Å²) in [6.45, 7) is 0. The molecule has 98 valence electrons. The number of nitrogens with zero attached hydrogens (tertiary/aromatic N) is 1. The van der Waals surface area contributed by atoms with Gasteiger partial charge in [0.05, 0.1) is 5.39 Å². The Balaban J connectivity index is 2.11. The SMILES string of the molecule is O=C(O)/C=C/c1ccc2noc(-c3ccccc3)c2c1. The van der Waals surface area contributed by atoms with Crippen molar-refractivity contribution in [3.8, 4) is 11.3 Å². The van der Waals surface area contributed by atoms with Crippen LogP contribution >= 0.6 is 0 Å². The van der Waals surface area contributed by atoms with E-state index >= 15 is 0 Å². The quantitative estimate of drug-likeness (QED) is 0.735. The number of carbonyl (C=O) groups is 1. The molecule has 0 atom stereocenters. The zero-order valence-corrected chi connectivity index (χ0v) is 10.5. The Morgan fingerprint density at radius 3 is 2.70 bits per heavy atom. The van der Waals surface area contributed by atoms with Crippen LogP contribution in [-0.2, 0) is 4.79 Å². The van der Waals surface area contributed by atoms with Gasteiger partial charge >= 0.3 is 5.97 Å². The van der Waals surface area contributed by atoms with Crippen LogP contribution in [0.4, 0.5) is 0 Å². The highest BCUT2D eigenvalue weighted by Gasteiger charge is 2.10. The van der Waals surface area contributed by atoms with Crippen molar-refractivity contribution in [3.05, 3.63) is 60.2 Å². The van der Waals surface area contributed by atoms with Gasteiger partial charge in [-0.1, -0.05) is 41.6 Å². The normalized spacial score (nSPS) is 11.2. The maximum absolute atomic E-state index is 10.6. The Bertz CT molecular complexity index is 788. The second-order valence-electron chi connectivity index (χ2n) is 4.33. The van der Waals surface area contributed by atoms with E-state index in [9.17, 15) is 4.79 Å². The van der Waals surface area contributed by atoms with Crippen molar-refractivity contribution in [2.24, 2.45) is 0 Å². The van der Waals surface area contributed by atoms with Gasteiger partial charge in [-0.25, -0.2) is 4.79 Å². The molecule has 0 saturated heterocycles. The molecule has 0 amide bonds. The Kier molecular flexibility index (Phi) is 3.05. The van der Waals surface area contributed by atoms with Crippen LogP contribution in [0.15, 0.2) is 59.1 Å². The number of fused-ring (bicyclic) bond motifs is 1. The second-order valence-corrected chi connectivity index (χ2v) is 4.33. The standard InChI is InChI=1S/C16H11NO3/c18-15(19)9-7-11-6-8-14-13(10-11)16(20-17-14)12-4-2-1-3-5-12/h1-10H,(H,18,19)/b9-7+. The van der Waals surface area contributed by atoms with Gasteiger partial charge in [-0.3, -0.25) is 0 Å². The van der Waals surface area contributed by atoms with Gasteiger partial charge in [-0.15, -0.1) is 0 Å². The summed E-state index contributed by atoms with van der Waals surface area (Å²) in [6, 6.07) is 15.2. The summed E-state index contributed by atoms with van der Waals surface area (Å²) >= 11 is 0. The highest BCUT2D eigenvalue weighted by atomic mass is 16.5. The molecule has 4 heteroatoms. The lowest BCUT2D eigenvalue weighted by atomic mass is 10.1. The summed E-state index contributed by atoms with van der Waals surface area (Å²) in [7, 11) is 0. The molecule has 3 rings (SSSR count). The first kappa shape index (κ1) is 12.2. The first-order valence-corrected chi connectivity index (χ1v) is 6.10. The molecule has 20 heavy (non-hydrogen) atoms. The molecule has 1 aromatic heterocycles. The lowest BCUT2D eigenvalue weighted by Crippen LogP contribution is -1.85. The molecule has 0 spiro atoms. The third kappa shape index (κ3) is 2.31. The fraction of sp³-hybridized carbons (Fsp3) is 0. The van der Waals surface area contributed by atoms with E-state index in [1.807, 2.05) is 42.5 Å². The van der Waals surface area contributed by atoms with E-state index in [1.54, 1.807) is 12.1 Å². The molecule has 0 aliphatic carbocycles. The lowest BCUT2D eigenvalue weighted by Gasteiger charge is -1.97. The van der Waals surface area contributed by atoms with Crippen LogP contribution in [0.25, 0.3) is 28.3 Å². The minimum atomic E-state index is -0.973. The number of carboxylic acid groups (broad SMARTS) is 1. The fourth-order valence-corrected chi connectivity index (χ4v) is 2.03. The van der Waals surface area contributed by atoms with E-state index < -0.39 is 5.97 Å². The van der Waals surface area contributed by atoms with Crippen LogP contribution in [0.2, 0.25) is 0 Å². The van der Waals surface area contributed by atoms with Gasteiger partial charge in [0.1, 0.15) is 5.52 Å². The third-order valence-electron chi connectivity index (χ3n) is 2.95. The smallest absolute Gasteiger partial charge is 0.328 e. The summed E-state index contributed by atoms with van der Waals surface area (Å²) < 4.78 is 5.39. The average molecular weight is 265 g/mol. The predicted molar refractivity (Wildman–Crippen MR) is 76.1 cm³/mol. The van der Waals surface area contributed by atoms with Crippen molar-refractivity contribution < 1.29 is 14.4 Å². The topological polar surface area (TPSA) is 63.3 Å². The van der Waals surface area contributed by atoms with Crippen LogP contribution in [0.3, 0.4) is 0 Å². The Morgan fingerprint density at radius 2 is 1.95 bits per heavy atom. The Labute approximate surface area is 114 Å². The minimum Gasteiger partial charge on any atom is -0.478 e. The molecule has 0 bridgehead atoms. The Hall–Kier alpha value is -2.88. The molecule has 0 fully saturated rings. The fourth-order valence-electron chi connectivity index (χ4n) is 2.03. The summed E-state index contributed by atoms with van der Waals surface area (Å²) in [5, 5.41) is 13.5. The maximum Gasteiger partial charge on any atom is 0.328 e.